The summed E-state index contributed by atoms with van der Waals surface area (Å²) in [6.45, 7) is 2.00. The van der Waals surface area contributed by atoms with Crippen LogP contribution in [0.15, 0.2) is 17.3 Å². The summed E-state index contributed by atoms with van der Waals surface area (Å²) in [5, 5.41) is 12.6. The van der Waals surface area contributed by atoms with E-state index in [1.54, 1.807) is 11.8 Å². The molecule has 2 N–H and O–H groups in total. The molecule has 1 rings (SSSR count). The number of carboxylic acid groups (broad SMARTS) is 1. The lowest BCUT2D eigenvalue weighted by atomic mass is 10.3. The number of rotatable bonds is 8. The molecule has 1 unspecified atom stereocenters. The highest BCUT2D eigenvalue weighted by Crippen LogP contribution is 2.10. The first-order valence-corrected chi connectivity index (χ1v) is 8.39. The van der Waals surface area contributed by atoms with Gasteiger partial charge >= 0.3 is 5.97 Å². The molecule has 0 aromatic carbocycles. The summed E-state index contributed by atoms with van der Waals surface area (Å²) in [4.78, 5) is 10.5. The Balaban J connectivity index is 2.62. The van der Waals surface area contributed by atoms with Gasteiger partial charge in [0.2, 0.25) is 10.0 Å². The maximum Gasteiger partial charge on any atom is 0.325 e. The molecular formula is C10H17N3O4S2. The van der Waals surface area contributed by atoms with Crippen LogP contribution in [-0.2, 0) is 21.4 Å². The molecule has 108 valence electrons. The molecule has 0 saturated carbocycles. The number of nitrogens with one attached hydrogen (secondary N) is 1. The van der Waals surface area contributed by atoms with Crippen molar-refractivity contribution in [3.05, 3.63) is 12.4 Å². The molecule has 1 aromatic rings. The Morgan fingerprint density at radius 2 is 2.32 bits per heavy atom. The van der Waals surface area contributed by atoms with Crippen molar-refractivity contribution in [3.63, 3.8) is 0 Å². The lowest BCUT2D eigenvalue weighted by molar-refractivity contribution is -0.137. The van der Waals surface area contributed by atoms with Gasteiger partial charge < -0.3 is 5.11 Å². The van der Waals surface area contributed by atoms with Crippen LogP contribution in [0.25, 0.3) is 0 Å². The number of carbonyl (C=O) groups is 1. The molecule has 0 saturated heterocycles. The van der Waals surface area contributed by atoms with Gasteiger partial charge in [0.05, 0.1) is 6.20 Å². The predicted octanol–water partition coefficient (Wildman–Crippen LogP) is 0.388. The molecule has 0 aliphatic heterocycles. The summed E-state index contributed by atoms with van der Waals surface area (Å²) in [5.74, 6) is -1.08. The maximum atomic E-state index is 11.9. The Bertz CT molecular complexity index is 527. The van der Waals surface area contributed by atoms with Gasteiger partial charge in [-0.3, -0.25) is 9.48 Å². The van der Waals surface area contributed by atoms with E-state index >= 15 is 0 Å². The number of aromatic nitrogens is 2. The van der Waals surface area contributed by atoms with Gasteiger partial charge in [0.1, 0.15) is 11.4 Å². The van der Waals surface area contributed by atoms with Gasteiger partial charge in [0.25, 0.3) is 0 Å². The second-order valence-electron chi connectivity index (χ2n) is 4.00. The first-order chi connectivity index (χ1) is 8.85. The van der Waals surface area contributed by atoms with Crippen LogP contribution in [0.2, 0.25) is 0 Å². The van der Waals surface area contributed by atoms with Crippen LogP contribution in [0.3, 0.4) is 0 Å². The van der Waals surface area contributed by atoms with Crippen LogP contribution in [0, 0.1) is 0 Å². The van der Waals surface area contributed by atoms with Gasteiger partial charge in [-0.05, 0) is 12.7 Å². The summed E-state index contributed by atoms with van der Waals surface area (Å²) in [5.41, 5.74) is 0. The van der Waals surface area contributed by atoms with Crippen molar-refractivity contribution in [1.29, 1.82) is 0 Å². The topological polar surface area (TPSA) is 101 Å². The third-order valence-electron chi connectivity index (χ3n) is 2.46. The van der Waals surface area contributed by atoms with Crippen molar-refractivity contribution in [2.24, 2.45) is 0 Å². The zero-order valence-corrected chi connectivity index (χ0v) is 12.4. The Labute approximate surface area is 116 Å². The fraction of sp³-hybridized carbons (Fsp3) is 0.600. The average molecular weight is 307 g/mol. The van der Waals surface area contributed by atoms with Gasteiger partial charge in [0, 0.05) is 18.0 Å². The molecule has 0 bridgehead atoms. The molecule has 7 nitrogen and oxygen atoms in total. The number of aliphatic carboxylic acids is 1. The van der Waals surface area contributed by atoms with Crippen LogP contribution in [0.4, 0.5) is 0 Å². The Kier molecular flexibility index (Phi) is 5.83. The van der Waals surface area contributed by atoms with Crippen LogP contribution >= 0.6 is 11.8 Å². The van der Waals surface area contributed by atoms with Crippen LogP contribution in [-0.4, -0.2) is 47.3 Å². The summed E-state index contributed by atoms with van der Waals surface area (Å²) in [6.07, 6.45) is 5.04. The smallest absolute Gasteiger partial charge is 0.325 e. The number of hydrogen-bond acceptors (Lipinski definition) is 5. The Morgan fingerprint density at radius 1 is 1.63 bits per heavy atom. The quantitative estimate of drug-likeness (QED) is 0.720. The summed E-state index contributed by atoms with van der Waals surface area (Å²) >= 11 is 1.67. The summed E-state index contributed by atoms with van der Waals surface area (Å²) < 4.78 is 27.3. The van der Waals surface area contributed by atoms with Crippen molar-refractivity contribution < 1.29 is 18.3 Å². The van der Waals surface area contributed by atoms with Crippen molar-refractivity contribution in [2.75, 3.05) is 12.8 Å². The molecule has 0 aliphatic rings. The molecule has 9 heteroatoms. The van der Waals surface area contributed by atoms with E-state index in [2.05, 4.69) is 9.82 Å². The van der Waals surface area contributed by atoms with Crippen LogP contribution in [0.1, 0.15) is 13.3 Å². The SMILES string of the molecule is CSC(C)CCNS(=O)(=O)c1cnn(CC(=O)O)c1. The van der Waals surface area contributed by atoms with Crippen LogP contribution in [0.5, 0.6) is 0 Å². The number of thioether (sulfide) groups is 1. The average Bonchev–Trinajstić information content (AvgIpc) is 2.76. The monoisotopic (exact) mass is 307 g/mol. The minimum absolute atomic E-state index is 0.0226. The zero-order valence-electron chi connectivity index (χ0n) is 10.7. The standard InChI is InChI=1S/C10H17N3O4S2/c1-8(18-2)3-4-12-19(16,17)9-5-11-13(6-9)7-10(14)15/h5-6,8,12H,3-4,7H2,1-2H3,(H,14,15). The minimum atomic E-state index is -3.61. The van der Waals surface area contributed by atoms with E-state index < -0.39 is 16.0 Å². The zero-order chi connectivity index (χ0) is 14.5. The molecule has 1 heterocycles. The Hall–Kier alpha value is -1.06. The van der Waals surface area contributed by atoms with Crippen molar-refractivity contribution in [3.8, 4) is 0 Å². The van der Waals surface area contributed by atoms with Gasteiger partial charge in [-0.15, -0.1) is 0 Å². The highest BCUT2D eigenvalue weighted by molar-refractivity contribution is 7.99. The molecular weight excluding hydrogens is 290 g/mol. The Morgan fingerprint density at radius 3 is 2.89 bits per heavy atom. The fourth-order valence-corrected chi connectivity index (χ4v) is 2.66. The number of nitrogens with zero attached hydrogens (tertiary/aromatic N) is 2. The minimum Gasteiger partial charge on any atom is -0.480 e. The van der Waals surface area contributed by atoms with Gasteiger partial charge in [-0.1, -0.05) is 6.92 Å². The maximum absolute atomic E-state index is 11.9. The summed E-state index contributed by atoms with van der Waals surface area (Å²) in [7, 11) is -3.61. The van der Waals surface area contributed by atoms with Crippen LogP contribution < -0.4 is 4.72 Å². The highest BCUT2D eigenvalue weighted by atomic mass is 32.2. The van der Waals surface area contributed by atoms with E-state index in [4.69, 9.17) is 5.11 Å². The van der Waals surface area contributed by atoms with Crippen molar-refractivity contribution in [2.45, 2.75) is 30.0 Å². The third kappa shape index (κ3) is 5.21. The van der Waals surface area contributed by atoms with Gasteiger partial charge in [-0.25, -0.2) is 13.1 Å². The molecule has 19 heavy (non-hydrogen) atoms. The number of carboxylic acids is 1. The van der Waals surface area contributed by atoms with Crippen molar-refractivity contribution in [1.82, 2.24) is 14.5 Å². The molecule has 0 radical (unpaired) electrons. The van der Waals surface area contributed by atoms with E-state index in [-0.39, 0.29) is 11.4 Å². The highest BCUT2D eigenvalue weighted by Gasteiger charge is 2.16. The molecule has 0 fully saturated rings. The predicted molar refractivity (Wildman–Crippen MR) is 72.6 cm³/mol. The van der Waals surface area contributed by atoms with E-state index in [0.717, 1.165) is 17.3 Å². The normalized spacial score (nSPS) is 13.4. The molecule has 1 aromatic heterocycles. The van der Waals surface area contributed by atoms with Gasteiger partial charge in [-0.2, -0.15) is 16.9 Å². The van der Waals surface area contributed by atoms with E-state index in [1.807, 2.05) is 13.2 Å². The molecule has 1 atom stereocenters. The summed E-state index contributed by atoms with van der Waals surface area (Å²) in [6, 6.07) is 0. The van der Waals surface area contributed by atoms with E-state index in [0.29, 0.717) is 11.8 Å². The molecule has 0 spiro atoms. The lowest BCUT2D eigenvalue weighted by Crippen LogP contribution is -2.26. The fourth-order valence-electron chi connectivity index (χ4n) is 1.31. The molecule has 0 amide bonds. The first-order valence-electron chi connectivity index (χ1n) is 5.62. The third-order valence-corrected chi connectivity index (χ3v) is 4.92. The van der Waals surface area contributed by atoms with E-state index in [1.165, 1.54) is 6.20 Å². The first kappa shape index (κ1) is 16.0. The van der Waals surface area contributed by atoms with E-state index in [9.17, 15) is 13.2 Å². The largest absolute Gasteiger partial charge is 0.480 e. The second-order valence-corrected chi connectivity index (χ2v) is 7.04. The lowest BCUT2D eigenvalue weighted by Gasteiger charge is -2.08. The molecule has 0 aliphatic carbocycles. The van der Waals surface area contributed by atoms with Crippen molar-refractivity contribution >= 4 is 27.8 Å². The number of hydrogen-bond donors (Lipinski definition) is 2. The number of sulfonamides is 1. The second kappa shape index (κ2) is 6.92. The van der Waals surface area contributed by atoms with Gasteiger partial charge in [0.15, 0.2) is 0 Å².